The molecule has 0 aromatic heterocycles. The highest BCUT2D eigenvalue weighted by atomic mass is 32.2. The number of hydrogen-bond acceptors (Lipinski definition) is 4. The van der Waals surface area contributed by atoms with Gasteiger partial charge in [0.05, 0.1) is 24.2 Å². The van der Waals surface area contributed by atoms with E-state index < -0.39 is 15.9 Å². The topological polar surface area (TPSA) is 75.7 Å². The van der Waals surface area contributed by atoms with E-state index in [0.717, 1.165) is 22.3 Å². The van der Waals surface area contributed by atoms with E-state index in [-0.39, 0.29) is 18.0 Å². The van der Waals surface area contributed by atoms with Gasteiger partial charge in [-0.3, -0.25) is 4.79 Å². The van der Waals surface area contributed by atoms with E-state index in [9.17, 15) is 13.2 Å². The molecule has 0 heterocycles. The molecule has 168 valence electrons. The van der Waals surface area contributed by atoms with Crippen molar-refractivity contribution in [2.24, 2.45) is 0 Å². The molecule has 0 radical (unpaired) electrons. The summed E-state index contributed by atoms with van der Waals surface area (Å²) in [6.45, 7) is 5.51. The van der Waals surface area contributed by atoms with Crippen molar-refractivity contribution in [3.63, 3.8) is 0 Å². The molecule has 0 bridgehead atoms. The fourth-order valence-electron chi connectivity index (χ4n) is 3.25. The Morgan fingerprint density at radius 2 is 1.44 bits per heavy atom. The van der Waals surface area contributed by atoms with Crippen LogP contribution in [0.3, 0.4) is 0 Å². The largest absolute Gasteiger partial charge is 0.495 e. The third-order valence-corrected chi connectivity index (χ3v) is 6.89. The predicted octanol–water partition coefficient (Wildman–Crippen LogP) is 4.45. The second kappa shape index (κ2) is 9.97. The van der Waals surface area contributed by atoms with Gasteiger partial charge in [0.15, 0.2) is 0 Å². The van der Waals surface area contributed by atoms with Gasteiger partial charge in [0.1, 0.15) is 5.75 Å². The summed E-state index contributed by atoms with van der Waals surface area (Å²) < 4.78 is 33.3. The minimum Gasteiger partial charge on any atom is -0.495 e. The summed E-state index contributed by atoms with van der Waals surface area (Å²) >= 11 is 0. The number of anilines is 1. The molecule has 0 saturated heterocycles. The van der Waals surface area contributed by atoms with E-state index in [2.05, 4.69) is 5.32 Å². The minimum atomic E-state index is -3.90. The van der Waals surface area contributed by atoms with E-state index in [1.165, 1.54) is 11.4 Å². The number of carbonyl (C=O) groups is 1. The standard InChI is InChI=1S/C25H28N2O4S/c1-18-5-10-21(11-6-18)16-27(32(29,30)22-12-7-19(2)8-13-22)17-25(28)26-23-15-20(3)9-14-24(23)31-4/h5-15H,16-17H2,1-4H3,(H,26,28). The lowest BCUT2D eigenvalue weighted by atomic mass is 10.1. The van der Waals surface area contributed by atoms with Gasteiger partial charge < -0.3 is 10.1 Å². The molecule has 3 aromatic rings. The molecule has 7 heteroatoms. The Morgan fingerprint density at radius 3 is 2.03 bits per heavy atom. The summed E-state index contributed by atoms with van der Waals surface area (Å²) in [5.74, 6) is 0.0622. The molecular weight excluding hydrogens is 424 g/mol. The first-order valence-electron chi connectivity index (χ1n) is 10.3. The van der Waals surface area contributed by atoms with Gasteiger partial charge in [0.2, 0.25) is 15.9 Å². The van der Waals surface area contributed by atoms with Crippen LogP contribution in [0.2, 0.25) is 0 Å². The van der Waals surface area contributed by atoms with E-state index >= 15 is 0 Å². The van der Waals surface area contributed by atoms with Crippen LogP contribution < -0.4 is 10.1 Å². The molecule has 3 rings (SSSR count). The van der Waals surface area contributed by atoms with Gasteiger partial charge in [0, 0.05) is 6.54 Å². The van der Waals surface area contributed by atoms with Crippen LogP contribution in [0.5, 0.6) is 5.75 Å². The lowest BCUT2D eigenvalue weighted by Crippen LogP contribution is -2.37. The third kappa shape index (κ3) is 5.75. The van der Waals surface area contributed by atoms with Gasteiger partial charge >= 0.3 is 0 Å². The quantitative estimate of drug-likeness (QED) is 0.548. The Balaban J connectivity index is 1.89. The van der Waals surface area contributed by atoms with Crippen LogP contribution in [-0.2, 0) is 21.4 Å². The third-order valence-electron chi connectivity index (χ3n) is 5.09. The lowest BCUT2D eigenvalue weighted by molar-refractivity contribution is -0.116. The van der Waals surface area contributed by atoms with Crippen LogP contribution in [-0.4, -0.2) is 32.3 Å². The Kier molecular flexibility index (Phi) is 7.33. The van der Waals surface area contributed by atoms with Gasteiger partial charge in [-0.1, -0.05) is 53.6 Å². The van der Waals surface area contributed by atoms with Crippen LogP contribution >= 0.6 is 0 Å². The number of rotatable bonds is 8. The van der Waals surface area contributed by atoms with Crippen molar-refractivity contribution < 1.29 is 17.9 Å². The highest BCUT2D eigenvalue weighted by Crippen LogP contribution is 2.26. The monoisotopic (exact) mass is 452 g/mol. The molecule has 1 amide bonds. The number of ether oxygens (including phenoxy) is 1. The Morgan fingerprint density at radius 1 is 0.875 bits per heavy atom. The van der Waals surface area contributed by atoms with E-state index in [0.29, 0.717) is 11.4 Å². The molecule has 6 nitrogen and oxygen atoms in total. The first kappa shape index (κ1) is 23.5. The average molecular weight is 453 g/mol. The van der Waals surface area contributed by atoms with E-state index in [4.69, 9.17) is 4.74 Å². The van der Waals surface area contributed by atoms with Gasteiger partial charge in [-0.15, -0.1) is 0 Å². The second-order valence-electron chi connectivity index (χ2n) is 7.82. The number of nitrogens with zero attached hydrogens (tertiary/aromatic N) is 1. The number of aryl methyl sites for hydroxylation is 3. The van der Waals surface area contributed by atoms with Crippen LogP contribution in [0.1, 0.15) is 22.3 Å². The molecule has 0 spiro atoms. The molecule has 0 unspecified atom stereocenters. The minimum absolute atomic E-state index is 0.0782. The normalized spacial score (nSPS) is 11.4. The summed E-state index contributed by atoms with van der Waals surface area (Å²) in [6.07, 6.45) is 0. The molecule has 0 fully saturated rings. The molecule has 1 N–H and O–H groups in total. The number of nitrogens with one attached hydrogen (secondary N) is 1. The molecule has 0 saturated carbocycles. The Hall–Kier alpha value is -3.16. The highest BCUT2D eigenvalue weighted by Gasteiger charge is 2.27. The predicted molar refractivity (Wildman–Crippen MR) is 126 cm³/mol. The van der Waals surface area contributed by atoms with Crippen LogP contribution in [0.15, 0.2) is 71.6 Å². The molecular formula is C25H28N2O4S. The average Bonchev–Trinajstić information content (AvgIpc) is 2.75. The van der Waals surface area contributed by atoms with Gasteiger partial charge in [-0.25, -0.2) is 8.42 Å². The first-order chi connectivity index (χ1) is 15.2. The van der Waals surface area contributed by atoms with Crippen molar-refractivity contribution >= 4 is 21.6 Å². The maximum atomic E-state index is 13.4. The number of methoxy groups -OCH3 is 1. The van der Waals surface area contributed by atoms with Crippen molar-refractivity contribution in [2.75, 3.05) is 19.0 Å². The van der Waals surface area contributed by atoms with E-state index in [1.54, 1.807) is 36.4 Å². The van der Waals surface area contributed by atoms with Crippen molar-refractivity contribution in [2.45, 2.75) is 32.2 Å². The zero-order valence-electron chi connectivity index (χ0n) is 18.8. The molecule has 3 aromatic carbocycles. The maximum absolute atomic E-state index is 13.4. The lowest BCUT2D eigenvalue weighted by Gasteiger charge is -2.22. The van der Waals surface area contributed by atoms with Gasteiger partial charge in [-0.05, 0) is 56.2 Å². The van der Waals surface area contributed by atoms with Crippen LogP contribution in [0, 0.1) is 20.8 Å². The van der Waals surface area contributed by atoms with Crippen LogP contribution in [0.4, 0.5) is 5.69 Å². The molecule has 32 heavy (non-hydrogen) atoms. The Bertz CT molecular complexity index is 1190. The first-order valence-corrected chi connectivity index (χ1v) is 11.7. The van der Waals surface area contributed by atoms with Crippen molar-refractivity contribution in [1.82, 2.24) is 4.31 Å². The van der Waals surface area contributed by atoms with E-state index in [1.807, 2.05) is 51.1 Å². The number of sulfonamides is 1. The molecule has 0 aliphatic heterocycles. The van der Waals surface area contributed by atoms with Gasteiger partial charge in [0.25, 0.3) is 0 Å². The van der Waals surface area contributed by atoms with Gasteiger partial charge in [-0.2, -0.15) is 4.31 Å². The molecule has 0 aliphatic rings. The summed E-state index contributed by atoms with van der Waals surface area (Å²) in [4.78, 5) is 13.1. The fraction of sp³-hybridized carbons (Fsp3) is 0.240. The number of amides is 1. The highest BCUT2D eigenvalue weighted by molar-refractivity contribution is 7.89. The van der Waals surface area contributed by atoms with Crippen molar-refractivity contribution in [3.05, 3.63) is 89.0 Å². The zero-order chi connectivity index (χ0) is 23.3. The van der Waals surface area contributed by atoms with Crippen molar-refractivity contribution in [1.29, 1.82) is 0 Å². The smallest absolute Gasteiger partial charge is 0.243 e. The zero-order valence-corrected chi connectivity index (χ0v) is 19.6. The van der Waals surface area contributed by atoms with Crippen molar-refractivity contribution in [3.8, 4) is 5.75 Å². The SMILES string of the molecule is COc1ccc(C)cc1NC(=O)CN(Cc1ccc(C)cc1)S(=O)(=O)c1ccc(C)cc1. The number of hydrogen-bond donors (Lipinski definition) is 1. The number of benzene rings is 3. The summed E-state index contributed by atoms with van der Waals surface area (Å²) in [5, 5.41) is 2.79. The Labute approximate surface area is 189 Å². The molecule has 0 aliphatic carbocycles. The summed E-state index contributed by atoms with van der Waals surface area (Å²) in [6, 6.07) is 19.6. The summed E-state index contributed by atoms with van der Waals surface area (Å²) in [5.41, 5.74) is 4.28. The molecule has 0 atom stereocenters. The number of carbonyl (C=O) groups excluding carboxylic acids is 1. The van der Waals surface area contributed by atoms with Crippen LogP contribution in [0.25, 0.3) is 0 Å². The second-order valence-corrected chi connectivity index (χ2v) is 9.76. The fourth-order valence-corrected chi connectivity index (χ4v) is 4.64. The maximum Gasteiger partial charge on any atom is 0.243 e. The summed E-state index contributed by atoms with van der Waals surface area (Å²) in [7, 11) is -2.38.